The van der Waals surface area contributed by atoms with Crippen LogP contribution in [0.15, 0.2) is 85.5 Å². The number of hydrogen-bond donors (Lipinski definition) is 5. The van der Waals surface area contributed by atoms with Crippen LogP contribution in [0.25, 0.3) is 50.3 Å². The number of phenols is 1. The van der Waals surface area contributed by atoms with E-state index in [0.29, 0.717) is 40.4 Å². The molecule has 2 saturated heterocycles. The predicted octanol–water partition coefficient (Wildman–Crippen LogP) is 7.70. The van der Waals surface area contributed by atoms with Gasteiger partial charge in [0.05, 0.1) is 29.5 Å². The van der Waals surface area contributed by atoms with E-state index in [9.17, 15) is 13.9 Å². The molecule has 9 rings (SSSR count). The topological polar surface area (TPSA) is 156 Å². The zero-order chi connectivity index (χ0) is 39.9. The number of aromatic amines is 2. The van der Waals surface area contributed by atoms with Gasteiger partial charge in [-0.05, 0) is 113 Å². The Kier molecular flexibility index (Phi) is 10.2. The summed E-state index contributed by atoms with van der Waals surface area (Å²) in [6.45, 7) is 8.81. The lowest BCUT2D eigenvalue weighted by molar-refractivity contribution is 0.160. The summed E-state index contributed by atoms with van der Waals surface area (Å²) < 4.78 is 29.4. The number of nitrogens with zero attached hydrogens (tertiary/aromatic N) is 7. The molecule has 0 saturated carbocycles. The number of halogens is 2. The van der Waals surface area contributed by atoms with Crippen molar-refractivity contribution in [2.45, 2.75) is 89.0 Å². The van der Waals surface area contributed by atoms with Crippen molar-refractivity contribution in [2.75, 3.05) is 11.9 Å². The lowest BCUT2D eigenvalue weighted by atomic mass is 9.79. The number of rotatable bonds is 7. The van der Waals surface area contributed by atoms with Crippen LogP contribution >= 0.6 is 0 Å². The molecule has 0 radical (unpaired) electrons. The smallest absolute Gasteiger partial charge is 0.168 e. The Labute approximate surface area is 330 Å². The number of phenolic OH excluding ortho intramolecular Hbond substituents is 1. The predicted molar refractivity (Wildman–Crippen MR) is 217 cm³/mol. The molecule has 12 nitrogen and oxygen atoms in total. The van der Waals surface area contributed by atoms with Gasteiger partial charge in [0, 0.05) is 76.5 Å². The van der Waals surface area contributed by atoms with E-state index in [2.05, 4.69) is 90.1 Å². The van der Waals surface area contributed by atoms with Gasteiger partial charge in [-0.1, -0.05) is 18.2 Å². The first-order valence-electron chi connectivity index (χ1n) is 19.3. The quantitative estimate of drug-likeness (QED) is 0.109. The van der Waals surface area contributed by atoms with Crippen molar-refractivity contribution in [3.05, 3.63) is 103 Å². The van der Waals surface area contributed by atoms with E-state index in [0.717, 1.165) is 36.1 Å². The van der Waals surface area contributed by atoms with Gasteiger partial charge in [-0.3, -0.25) is 10.2 Å². The molecule has 0 spiro atoms. The summed E-state index contributed by atoms with van der Waals surface area (Å²) >= 11 is 0. The van der Waals surface area contributed by atoms with Crippen molar-refractivity contribution in [1.82, 2.24) is 51.4 Å². The first kappa shape index (κ1) is 38.0. The minimum atomic E-state index is -0.948. The van der Waals surface area contributed by atoms with Crippen LogP contribution in [0.4, 0.5) is 14.6 Å². The third kappa shape index (κ3) is 8.19. The minimum absolute atomic E-state index is 0.00539. The number of hydrogen-bond acceptors (Lipinski definition) is 10. The number of fused-ring (bicyclic) bond motifs is 2. The van der Waals surface area contributed by atoms with E-state index < -0.39 is 11.6 Å². The molecule has 6 aromatic rings. The molecule has 294 valence electrons. The van der Waals surface area contributed by atoms with Crippen LogP contribution in [0, 0.1) is 11.6 Å². The normalized spacial score (nSPS) is 19.7. The van der Waals surface area contributed by atoms with E-state index in [1.165, 1.54) is 42.9 Å². The van der Waals surface area contributed by atoms with Gasteiger partial charge in [-0.15, -0.1) is 15.3 Å². The van der Waals surface area contributed by atoms with E-state index in [-0.39, 0.29) is 34.0 Å². The monoisotopic (exact) mass is 771 g/mol. The zero-order valence-corrected chi connectivity index (χ0v) is 32.7. The fourth-order valence-electron chi connectivity index (χ4n) is 8.65. The fourth-order valence-corrected chi connectivity index (χ4v) is 8.65. The lowest BCUT2D eigenvalue weighted by Crippen LogP contribution is -2.62. The van der Waals surface area contributed by atoms with Gasteiger partial charge in [0.2, 0.25) is 0 Å². The molecule has 0 amide bonds. The number of benzene rings is 2. The van der Waals surface area contributed by atoms with Crippen molar-refractivity contribution in [3.63, 3.8) is 0 Å². The van der Waals surface area contributed by atoms with E-state index in [1.807, 2.05) is 37.4 Å². The maximum absolute atomic E-state index is 14.8. The summed E-state index contributed by atoms with van der Waals surface area (Å²) in [6.07, 6.45) is 14.1. The van der Waals surface area contributed by atoms with Crippen LogP contribution in [0.5, 0.6) is 5.75 Å². The van der Waals surface area contributed by atoms with Crippen molar-refractivity contribution in [1.29, 1.82) is 0 Å². The molecule has 4 aromatic heterocycles. The Hall–Kier alpha value is -5.86. The van der Waals surface area contributed by atoms with Crippen LogP contribution in [0.1, 0.15) is 65.5 Å². The highest BCUT2D eigenvalue weighted by atomic mass is 19.2. The second kappa shape index (κ2) is 15.2. The molecule has 3 aliphatic heterocycles. The van der Waals surface area contributed by atoms with Gasteiger partial charge in [-0.2, -0.15) is 15.3 Å². The Morgan fingerprint density at radius 2 is 1.32 bits per heavy atom. The van der Waals surface area contributed by atoms with Crippen LogP contribution < -0.4 is 15.5 Å². The highest BCUT2D eigenvalue weighted by Gasteiger charge is 2.39. The second-order valence-corrected chi connectivity index (χ2v) is 16.6. The molecule has 14 heteroatoms. The van der Waals surface area contributed by atoms with E-state index >= 15 is 0 Å². The molecule has 3 aliphatic rings. The number of piperidine rings is 1. The van der Waals surface area contributed by atoms with Crippen molar-refractivity contribution in [2.24, 2.45) is 0 Å². The van der Waals surface area contributed by atoms with Gasteiger partial charge in [-0.25, -0.2) is 8.78 Å². The fraction of sp³-hybridized carbons (Fsp3) is 0.349. The van der Waals surface area contributed by atoms with Gasteiger partial charge >= 0.3 is 0 Å². The summed E-state index contributed by atoms with van der Waals surface area (Å²) in [5, 5.41) is 48.1. The third-order valence-corrected chi connectivity index (χ3v) is 11.1. The molecule has 5 N–H and O–H groups in total. The first-order valence-corrected chi connectivity index (χ1v) is 19.3. The molecule has 2 unspecified atom stereocenters. The Bertz CT molecular complexity index is 2340. The molecule has 2 aromatic carbocycles. The zero-order valence-electron chi connectivity index (χ0n) is 32.7. The van der Waals surface area contributed by atoms with Crippen molar-refractivity contribution >= 4 is 11.4 Å². The van der Waals surface area contributed by atoms with Crippen LogP contribution in [0.2, 0.25) is 0 Å². The molecule has 57 heavy (non-hydrogen) atoms. The summed E-state index contributed by atoms with van der Waals surface area (Å²) in [5.41, 5.74) is 6.40. The summed E-state index contributed by atoms with van der Waals surface area (Å²) in [7, 11) is 2.01. The number of anilines is 1. The van der Waals surface area contributed by atoms with Gasteiger partial charge in [0.25, 0.3) is 0 Å². The molecule has 7 heterocycles. The summed E-state index contributed by atoms with van der Waals surface area (Å²) in [6, 6.07) is 17.3. The lowest BCUT2D eigenvalue weighted by Gasteiger charge is -2.49. The number of aromatic hydroxyl groups is 1. The van der Waals surface area contributed by atoms with Gasteiger partial charge < -0.3 is 20.6 Å². The molecular formula is C43H47F2N11O. The Morgan fingerprint density at radius 3 is 1.95 bits per heavy atom. The highest BCUT2D eigenvalue weighted by Crippen LogP contribution is 2.36. The maximum atomic E-state index is 14.8. The van der Waals surface area contributed by atoms with Crippen LogP contribution in [0.3, 0.4) is 0 Å². The Morgan fingerprint density at radius 1 is 0.702 bits per heavy atom. The van der Waals surface area contributed by atoms with Gasteiger partial charge in [0.15, 0.2) is 17.5 Å². The summed E-state index contributed by atoms with van der Waals surface area (Å²) in [5.74, 6) is -0.986. The Balaban J connectivity index is 0.000000162. The third-order valence-electron chi connectivity index (χ3n) is 11.1. The standard InChI is InChI=1S/C23H28F2N6.C20H19N5O/c1-22(2)10-15(11-23(3,4)30-22)31(5)19-9-8-18(28-29-19)17-7-6-16(20(24)21(17)25)14-12-26-27-13-14;26-20-9-12(14-10-21-22-11-14)1-4-17(20)19-6-5-18(24-25-19)13-7-15-2-3-16(8-13)23-15/h6-9,12-13,15,30H,10-11H2,1-5H3,(H,26,27);1,4-7,9-11,15-16,23,26H,2-3,8H2,(H,21,22). The molecular weight excluding hydrogens is 725 g/mol. The minimum Gasteiger partial charge on any atom is -0.507 e. The average Bonchev–Trinajstić information content (AvgIpc) is 3.99. The number of aromatic nitrogens is 8. The van der Waals surface area contributed by atoms with Crippen molar-refractivity contribution < 1.29 is 13.9 Å². The largest absolute Gasteiger partial charge is 0.507 e. The molecule has 2 atom stereocenters. The highest BCUT2D eigenvalue weighted by molar-refractivity contribution is 5.75. The first-order chi connectivity index (χ1) is 27.3. The number of H-pyrrole nitrogens is 2. The molecule has 0 aliphatic carbocycles. The SMILES string of the molecule is CN(c1ccc(-c2ccc(-c3cn[nH]c3)c(F)c2F)nn1)C1CC(C)(C)NC(C)(C)C1.Oc1cc(-c2cn[nH]c2)ccc1-c1ccc(C2=CC3CCC(C2)N3)nn1. The summed E-state index contributed by atoms with van der Waals surface area (Å²) in [4.78, 5) is 2.13. The molecule has 2 fully saturated rings. The van der Waals surface area contributed by atoms with Crippen LogP contribution in [-0.2, 0) is 0 Å². The van der Waals surface area contributed by atoms with Crippen LogP contribution in [-0.4, -0.2) is 82.1 Å². The second-order valence-electron chi connectivity index (χ2n) is 16.6. The van der Waals surface area contributed by atoms with Gasteiger partial charge in [0.1, 0.15) is 5.75 Å². The molecule has 2 bridgehead atoms. The number of nitrogens with one attached hydrogen (secondary N) is 4. The average molecular weight is 772 g/mol. The van der Waals surface area contributed by atoms with Crippen molar-refractivity contribution in [3.8, 4) is 50.5 Å². The maximum Gasteiger partial charge on any atom is 0.168 e. The van der Waals surface area contributed by atoms with E-state index in [4.69, 9.17) is 0 Å². The van der Waals surface area contributed by atoms with E-state index in [1.54, 1.807) is 24.5 Å².